The Morgan fingerprint density at radius 2 is 1.90 bits per heavy atom. The Morgan fingerprint density at radius 3 is 2.35 bits per heavy atom. The van der Waals surface area contributed by atoms with E-state index in [-0.39, 0.29) is 10.5 Å². The predicted octanol–water partition coefficient (Wildman–Crippen LogP) is -1.02. The Bertz CT molecular complexity index is 583. The van der Waals surface area contributed by atoms with Crippen molar-refractivity contribution in [2.45, 2.75) is 43.8 Å². The van der Waals surface area contributed by atoms with Crippen LogP contribution in [0.5, 0.6) is 0 Å². The summed E-state index contributed by atoms with van der Waals surface area (Å²) >= 11 is 0. The van der Waals surface area contributed by atoms with E-state index in [1.54, 1.807) is 13.8 Å². The van der Waals surface area contributed by atoms with Crippen molar-refractivity contribution < 1.29 is 23.2 Å². The quantitative estimate of drug-likeness (QED) is 0.598. The van der Waals surface area contributed by atoms with Crippen molar-refractivity contribution in [2.75, 3.05) is 0 Å². The van der Waals surface area contributed by atoms with Gasteiger partial charge in [0.1, 0.15) is 0 Å². The van der Waals surface area contributed by atoms with Crippen LogP contribution in [0.4, 0.5) is 0 Å². The van der Waals surface area contributed by atoms with Gasteiger partial charge in [-0.15, -0.1) is 0 Å². The van der Waals surface area contributed by atoms with E-state index in [4.69, 9.17) is 9.79 Å². The molecule has 0 aromatic carbocycles. The topological polar surface area (TPSA) is 123 Å². The first-order valence-electron chi connectivity index (χ1n) is 5.92. The average molecular weight is 302 g/mol. The molecule has 0 saturated heterocycles. The fraction of sp³-hybridized carbons (Fsp3) is 0.545. The summed E-state index contributed by atoms with van der Waals surface area (Å²) in [6, 6.07) is 2.61. The fourth-order valence-corrected chi connectivity index (χ4v) is 2.02. The molecule has 0 saturated carbocycles. The van der Waals surface area contributed by atoms with Gasteiger partial charge in [-0.25, -0.2) is 13.6 Å². The van der Waals surface area contributed by atoms with E-state index in [0.717, 1.165) is 0 Å². The minimum atomic E-state index is -4.03. The molecule has 0 fully saturated rings. The first kappa shape index (κ1) is 17.1. The zero-order valence-corrected chi connectivity index (χ0v) is 12.7. The van der Waals surface area contributed by atoms with Crippen LogP contribution in [-0.2, 0) is 14.7 Å². The largest absolute Gasteiger partial charge is 0.512 e. The SMILES string of the molecule is CC(C)(O)C(C)(C)OB(O)c1ncccc1S(N)(=O)=O. The minimum absolute atomic E-state index is 0.215. The molecule has 0 atom stereocenters. The van der Waals surface area contributed by atoms with Crippen molar-refractivity contribution >= 4 is 22.7 Å². The van der Waals surface area contributed by atoms with E-state index in [0.29, 0.717) is 0 Å². The number of aliphatic hydroxyl groups is 1. The second kappa shape index (κ2) is 5.42. The van der Waals surface area contributed by atoms with Gasteiger partial charge in [0.2, 0.25) is 10.0 Å². The number of primary sulfonamides is 1. The van der Waals surface area contributed by atoms with Gasteiger partial charge < -0.3 is 14.8 Å². The molecule has 1 heterocycles. The third-order valence-electron chi connectivity index (χ3n) is 3.22. The number of aromatic nitrogens is 1. The molecule has 0 aliphatic carbocycles. The summed E-state index contributed by atoms with van der Waals surface area (Å²) in [5.41, 5.74) is -2.61. The molecule has 7 nitrogen and oxygen atoms in total. The van der Waals surface area contributed by atoms with Crippen LogP contribution in [0.25, 0.3) is 0 Å². The molecule has 4 N–H and O–H groups in total. The van der Waals surface area contributed by atoms with Crippen molar-refractivity contribution in [3.8, 4) is 0 Å². The molecule has 0 amide bonds. The third-order valence-corrected chi connectivity index (χ3v) is 4.18. The van der Waals surface area contributed by atoms with Crippen molar-refractivity contribution in [3.05, 3.63) is 18.3 Å². The van der Waals surface area contributed by atoms with Crippen molar-refractivity contribution in [3.63, 3.8) is 0 Å². The first-order valence-corrected chi connectivity index (χ1v) is 7.47. The van der Waals surface area contributed by atoms with Crippen LogP contribution < -0.4 is 10.7 Å². The Kier molecular flexibility index (Phi) is 4.62. The lowest BCUT2D eigenvalue weighted by Gasteiger charge is -2.38. The molecule has 1 rings (SSSR count). The molecule has 0 bridgehead atoms. The number of hydrogen-bond acceptors (Lipinski definition) is 6. The van der Waals surface area contributed by atoms with Gasteiger partial charge in [0.05, 0.1) is 21.7 Å². The lowest BCUT2D eigenvalue weighted by Crippen LogP contribution is -2.54. The number of nitrogens with two attached hydrogens (primary N) is 1. The summed E-state index contributed by atoms with van der Waals surface area (Å²) < 4.78 is 28.2. The van der Waals surface area contributed by atoms with Crippen LogP contribution in [0, 0.1) is 0 Å². The molecule has 0 spiro atoms. The van der Waals surface area contributed by atoms with Crippen LogP contribution in [0.3, 0.4) is 0 Å². The van der Waals surface area contributed by atoms with Crippen LogP contribution >= 0.6 is 0 Å². The molecule has 0 aliphatic rings. The third kappa shape index (κ3) is 3.77. The minimum Gasteiger partial charge on any atom is -0.422 e. The number of rotatable bonds is 5. The average Bonchev–Trinajstić information content (AvgIpc) is 2.25. The number of nitrogens with zero attached hydrogens (tertiary/aromatic N) is 1. The smallest absolute Gasteiger partial charge is 0.422 e. The molecule has 0 radical (unpaired) electrons. The number of pyridine rings is 1. The Balaban J connectivity index is 3.15. The monoisotopic (exact) mass is 302 g/mol. The molecule has 112 valence electrons. The van der Waals surface area contributed by atoms with Crippen molar-refractivity contribution in [1.82, 2.24) is 4.98 Å². The summed E-state index contributed by atoms with van der Waals surface area (Å²) in [5.74, 6) is 0. The van der Waals surface area contributed by atoms with Gasteiger partial charge >= 0.3 is 7.12 Å². The lowest BCUT2D eigenvalue weighted by atomic mass is 9.80. The maximum atomic E-state index is 11.4. The molecule has 1 aromatic rings. The lowest BCUT2D eigenvalue weighted by molar-refractivity contribution is -0.0984. The summed E-state index contributed by atoms with van der Waals surface area (Å²) in [5, 5.41) is 25.1. The van der Waals surface area contributed by atoms with E-state index in [1.165, 1.54) is 32.2 Å². The number of sulfonamides is 1. The highest BCUT2D eigenvalue weighted by Crippen LogP contribution is 2.25. The molecule has 0 unspecified atom stereocenters. The summed E-state index contributed by atoms with van der Waals surface area (Å²) in [6.07, 6.45) is 1.31. The van der Waals surface area contributed by atoms with Crippen LogP contribution in [0.2, 0.25) is 0 Å². The Hall–Kier alpha value is -0.995. The highest BCUT2D eigenvalue weighted by molar-refractivity contribution is 7.89. The normalized spacial score (nSPS) is 13.3. The van der Waals surface area contributed by atoms with Crippen LogP contribution in [-0.4, -0.2) is 41.9 Å². The van der Waals surface area contributed by atoms with Crippen molar-refractivity contribution in [1.29, 1.82) is 0 Å². The zero-order valence-electron chi connectivity index (χ0n) is 11.9. The van der Waals surface area contributed by atoms with E-state index in [2.05, 4.69) is 4.98 Å². The molecular formula is C11H19BN2O5S. The second-order valence-electron chi connectivity index (χ2n) is 5.47. The second-order valence-corrected chi connectivity index (χ2v) is 7.00. The first-order chi connectivity index (χ1) is 8.86. The van der Waals surface area contributed by atoms with Gasteiger partial charge in [-0.1, -0.05) is 0 Å². The fourth-order valence-electron chi connectivity index (χ4n) is 1.31. The standard InChI is InChI=1S/C11H19BN2O5S/c1-10(2,15)11(3,4)19-12(16)9-8(20(13,17)18)6-5-7-14-9/h5-7,15-16H,1-4H3,(H2,13,17,18). The van der Waals surface area contributed by atoms with E-state index in [1.807, 2.05) is 0 Å². The molecule has 1 aromatic heterocycles. The maximum absolute atomic E-state index is 11.4. The van der Waals surface area contributed by atoms with Crippen molar-refractivity contribution in [2.24, 2.45) is 5.14 Å². The summed E-state index contributed by atoms with van der Waals surface area (Å²) in [4.78, 5) is 3.48. The highest BCUT2D eigenvalue weighted by atomic mass is 32.2. The van der Waals surface area contributed by atoms with Crippen LogP contribution in [0.1, 0.15) is 27.7 Å². The zero-order chi connectivity index (χ0) is 15.8. The van der Waals surface area contributed by atoms with E-state index < -0.39 is 28.3 Å². The summed E-state index contributed by atoms with van der Waals surface area (Å²) in [7, 11) is -5.67. The maximum Gasteiger partial charge on any atom is 0.512 e. The van der Waals surface area contributed by atoms with E-state index >= 15 is 0 Å². The highest BCUT2D eigenvalue weighted by Gasteiger charge is 2.41. The molecule has 20 heavy (non-hydrogen) atoms. The number of hydrogen-bond donors (Lipinski definition) is 3. The summed E-state index contributed by atoms with van der Waals surface area (Å²) in [6.45, 7) is 6.16. The van der Waals surface area contributed by atoms with Crippen LogP contribution in [0.15, 0.2) is 23.2 Å². The van der Waals surface area contributed by atoms with Gasteiger partial charge in [0.25, 0.3) is 0 Å². The Morgan fingerprint density at radius 1 is 1.35 bits per heavy atom. The van der Waals surface area contributed by atoms with E-state index in [9.17, 15) is 18.5 Å². The Labute approximate surface area is 119 Å². The van der Waals surface area contributed by atoms with Gasteiger partial charge in [-0.3, -0.25) is 4.98 Å². The van der Waals surface area contributed by atoms with Gasteiger partial charge in [-0.05, 0) is 39.8 Å². The van der Waals surface area contributed by atoms with Gasteiger partial charge in [0, 0.05) is 6.20 Å². The van der Waals surface area contributed by atoms with Gasteiger partial charge in [0.15, 0.2) is 0 Å². The van der Waals surface area contributed by atoms with Gasteiger partial charge in [-0.2, -0.15) is 0 Å². The molecule has 0 aliphatic heterocycles. The predicted molar refractivity (Wildman–Crippen MR) is 74.7 cm³/mol. The molecule has 9 heteroatoms. The molecular weight excluding hydrogens is 283 g/mol.